The number of carbonyl (C=O) groups excluding carboxylic acids is 1. The molecule has 1 amide bonds. The summed E-state index contributed by atoms with van der Waals surface area (Å²) < 4.78 is 14.3. The maximum Gasteiger partial charge on any atom is 0.310 e. The molecule has 1 aliphatic heterocycles. The standard InChI is InChI=1S/C22H21ClFN5O3/c23-16-5-2-4-15(19(16)24)20(30)29-11-8-22(9-12-29,21(31)32)13-14-3-1-6-17(26-14)27-18-7-10-25-28-18/h1-7,10H,8-9,11-13H2,(H,31,32)(H2,25,26,27,28). The van der Waals surface area contributed by atoms with Crippen molar-refractivity contribution in [3.63, 3.8) is 0 Å². The second-order valence-corrected chi connectivity index (χ2v) is 8.16. The van der Waals surface area contributed by atoms with Crippen molar-refractivity contribution in [2.45, 2.75) is 19.3 Å². The number of halogens is 2. The van der Waals surface area contributed by atoms with Crippen LogP contribution in [0.2, 0.25) is 5.02 Å². The molecule has 0 spiro atoms. The zero-order valence-electron chi connectivity index (χ0n) is 17.0. The van der Waals surface area contributed by atoms with Crippen molar-refractivity contribution >= 4 is 35.1 Å². The number of H-pyrrole nitrogens is 1. The first-order valence-electron chi connectivity index (χ1n) is 10.1. The summed E-state index contributed by atoms with van der Waals surface area (Å²) in [7, 11) is 0. The molecule has 0 saturated carbocycles. The number of aromatic nitrogens is 3. The van der Waals surface area contributed by atoms with Gasteiger partial charge in [-0.3, -0.25) is 14.7 Å². The van der Waals surface area contributed by atoms with Gasteiger partial charge in [0.15, 0.2) is 11.6 Å². The van der Waals surface area contributed by atoms with E-state index in [0.717, 1.165) is 0 Å². The fraction of sp³-hybridized carbons (Fsp3) is 0.273. The maximum atomic E-state index is 14.3. The van der Waals surface area contributed by atoms with Crippen molar-refractivity contribution in [2.24, 2.45) is 5.41 Å². The molecule has 1 saturated heterocycles. The van der Waals surface area contributed by atoms with Crippen LogP contribution < -0.4 is 5.32 Å². The fourth-order valence-electron chi connectivity index (χ4n) is 3.90. The molecule has 3 N–H and O–H groups in total. The minimum absolute atomic E-state index is 0.112. The lowest BCUT2D eigenvalue weighted by molar-refractivity contribution is -0.151. The zero-order valence-corrected chi connectivity index (χ0v) is 17.8. The molecule has 2 aromatic heterocycles. The minimum atomic E-state index is -1.07. The number of piperidine rings is 1. The van der Waals surface area contributed by atoms with Crippen LogP contribution in [-0.4, -0.2) is 50.2 Å². The number of pyridine rings is 1. The Morgan fingerprint density at radius 1 is 1.16 bits per heavy atom. The average molecular weight is 458 g/mol. The highest BCUT2D eigenvalue weighted by molar-refractivity contribution is 6.31. The molecule has 10 heteroatoms. The van der Waals surface area contributed by atoms with E-state index in [-0.39, 0.29) is 42.9 Å². The molecule has 0 atom stereocenters. The smallest absolute Gasteiger partial charge is 0.310 e. The molecule has 3 heterocycles. The summed E-state index contributed by atoms with van der Waals surface area (Å²) in [6, 6.07) is 11.4. The molecule has 1 fully saturated rings. The van der Waals surface area contributed by atoms with Crippen LogP contribution in [-0.2, 0) is 11.2 Å². The number of carboxylic acids is 1. The van der Waals surface area contributed by atoms with Gasteiger partial charge in [0.1, 0.15) is 5.82 Å². The van der Waals surface area contributed by atoms with E-state index in [2.05, 4.69) is 20.5 Å². The second-order valence-electron chi connectivity index (χ2n) is 7.75. The van der Waals surface area contributed by atoms with Crippen LogP contribution in [0.5, 0.6) is 0 Å². The van der Waals surface area contributed by atoms with Gasteiger partial charge in [-0.1, -0.05) is 23.7 Å². The minimum Gasteiger partial charge on any atom is -0.481 e. The van der Waals surface area contributed by atoms with E-state index < -0.39 is 23.1 Å². The number of benzene rings is 1. The number of carbonyl (C=O) groups is 2. The lowest BCUT2D eigenvalue weighted by Crippen LogP contribution is -2.47. The molecule has 1 aliphatic rings. The van der Waals surface area contributed by atoms with Gasteiger partial charge in [-0.25, -0.2) is 9.37 Å². The van der Waals surface area contributed by atoms with Gasteiger partial charge < -0.3 is 15.3 Å². The summed E-state index contributed by atoms with van der Waals surface area (Å²) in [6.45, 7) is 0.393. The average Bonchev–Trinajstić information content (AvgIpc) is 3.29. The van der Waals surface area contributed by atoms with E-state index in [9.17, 15) is 19.1 Å². The van der Waals surface area contributed by atoms with Crippen LogP contribution in [0.1, 0.15) is 28.9 Å². The number of hydrogen-bond donors (Lipinski definition) is 3. The summed E-state index contributed by atoms with van der Waals surface area (Å²) in [6.07, 6.45) is 2.35. The number of hydrogen-bond acceptors (Lipinski definition) is 5. The number of likely N-dealkylation sites (tertiary alicyclic amines) is 1. The van der Waals surface area contributed by atoms with Crippen molar-refractivity contribution in [2.75, 3.05) is 18.4 Å². The molecule has 0 aliphatic carbocycles. The highest BCUT2D eigenvalue weighted by atomic mass is 35.5. The quantitative estimate of drug-likeness (QED) is 0.517. The number of aromatic amines is 1. The van der Waals surface area contributed by atoms with Gasteiger partial charge >= 0.3 is 5.97 Å². The molecule has 0 unspecified atom stereocenters. The number of nitrogens with one attached hydrogen (secondary N) is 2. The Morgan fingerprint density at radius 2 is 1.91 bits per heavy atom. The molecule has 1 aromatic carbocycles. The number of carboxylic acid groups (broad SMARTS) is 1. The van der Waals surface area contributed by atoms with Crippen molar-refractivity contribution < 1.29 is 19.1 Å². The Kier molecular flexibility index (Phi) is 6.09. The number of nitrogens with zero attached hydrogens (tertiary/aromatic N) is 3. The SMILES string of the molecule is O=C(c1cccc(Cl)c1F)N1CCC(Cc2cccc(Nc3cc[nH]n3)n2)(C(=O)O)CC1. The van der Waals surface area contributed by atoms with E-state index in [1.54, 1.807) is 30.5 Å². The lowest BCUT2D eigenvalue weighted by Gasteiger charge is -2.39. The summed E-state index contributed by atoms with van der Waals surface area (Å²) in [5, 5.41) is 19.7. The summed E-state index contributed by atoms with van der Waals surface area (Å²) >= 11 is 5.79. The second kappa shape index (κ2) is 8.96. The van der Waals surface area contributed by atoms with E-state index in [1.807, 2.05) is 0 Å². The lowest BCUT2D eigenvalue weighted by atomic mass is 9.74. The normalized spacial score (nSPS) is 15.4. The third-order valence-corrected chi connectivity index (χ3v) is 6.02. The Bertz CT molecular complexity index is 1130. The van der Waals surface area contributed by atoms with Gasteiger partial charge in [0, 0.05) is 37.5 Å². The maximum absolute atomic E-state index is 14.3. The topological polar surface area (TPSA) is 111 Å². The van der Waals surface area contributed by atoms with Gasteiger partial charge in [-0.2, -0.15) is 5.10 Å². The Labute approximate surface area is 188 Å². The Balaban J connectivity index is 1.47. The van der Waals surface area contributed by atoms with Crippen molar-refractivity contribution in [3.8, 4) is 0 Å². The van der Waals surface area contributed by atoms with Crippen molar-refractivity contribution in [1.82, 2.24) is 20.1 Å². The molecule has 166 valence electrons. The number of rotatable bonds is 6. The predicted molar refractivity (Wildman–Crippen MR) is 116 cm³/mol. The highest BCUT2D eigenvalue weighted by Gasteiger charge is 2.43. The van der Waals surface area contributed by atoms with Gasteiger partial charge in [-0.05, 0) is 37.1 Å². The van der Waals surface area contributed by atoms with Gasteiger partial charge in [-0.15, -0.1) is 0 Å². The van der Waals surface area contributed by atoms with Crippen molar-refractivity contribution in [3.05, 3.63) is 70.8 Å². The number of amides is 1. The first-order chi connectivity index (χ1) is 15.4. The molecular formula is C22H21ClFN5O3. The number of aliphatic carboxylic acids is 1. The number of anilines is 2. The van der Waals surface area contributed by atoms with Gasteiger partial charge in [0.05, 0.1) is 16.0 Å². The highest BCUT2D eigenvalue weighted by Crippen LogP contribution is 2.36. The Hall–Kier alpha value is -3.46. The molecule has 32 heavy (non-hydrogen) atoms. The molecule has 3 aromatic rings. The molecular weight excluding hydrogens is 437 g/mol. The zero-order chi connectivity index (χ0) is 22.7. The fourth-order valence-corrected chi connectivity index (χ4v) is 4.07. The largest absolute Gasteiger partial charge is 0.481 e. The first-order valence-corrected chi connectivity index (χ1v) is 10.5. The first kappa shape index (κ1) is 21.8. The van der Waals surface area contributed by atoms with Crippen LogP contribution in [0.4, 0.5) is 16.0 Å². The molecule has 8 nitrogen and oxygen atoms in total. The predicted octanol–water partition coefficient (Wildman–Crippen LogP) is 3.89. The summed E-state index contributed by atoms with van der Waals surface area (Å²) in [4.78, 5) is 31.0. The summed E-state index contributed by atoms with van der Waals surface area (Å²) in [5.41, 5.74) is -0.561. The molecule has 0 bridgehead atoms. The van der Waals surface area contributed by atoms with Crippen LogP contribution in [0, 0.1) is 11.2 Å². The van der Waals surface area contributed by atoms with Crippen LogP contribution in [0.25, 0.3) is 0 Å². The van der Waals surface area contributed by atoms with Crippen LogP contribution in [0.3, 0.4) is 0 Å². The third-order valence-electron chi connectivity index (χ3n) is 5.73. The Morgan fingerprint density at radius 3 is 2.59 bits per heavy atom. The third kappa shape index (κ3) is 4.43. The van der Waals surface area contributed by atoms with Crippen LogP contribution in [0.15, 0.2) is 48.7 Å². The molecule has 0 radical (unpaired) electrons. The van der Waals surface area contributed by atoms with Crippen LogP contribution >= 0.6 is 11.6 Å². The van der Waals surface area contributed by atoms with Gasteiger partial charge in [0.25, 0.3) is 5.91 Å². The monoisotopic (exact) mass is 457 g/mol. The van der Waals surface area contributed by atoms with E-state index >= 15 is 0 Å². The van der Waals surface area contributed by atoms with Crippen molar-refractivity contribution in [1.29, 1.82) is 0 Å². The van der Waals surface area contributed by atoms with E-state index in [4.69, 9.17) is 11.6 Å². The summed E-state index contributed by atoms with van der Waals surface area (Å²) in [5.74, 6) is -1.04. The van der Waals surface area contributed by atoms with E-state index in [1.165, 1.54) is 23.1 Å². The molecule has 4 rings (SSSR count). The van der Waals surface area contributed by atoms with E-state index in [0.29, 0.717) is 17.3 Å². The van der Waals surface area contributed by atoms with Gasteiger partial charge in [0.2, 0.25) is 0 Å².